The lowest BCUT2D eigenvalue weighted by Crippen LogP contribution is -2.54. The summed E-state index contributed by atoms with van der Waals surface area (Å²) in [6, 6.07) is 7.99. The van der Waals surface area contributed by atoms with Crippen LogP contribution in [0.4, 0.5) is 0 Å². The van der Waals surface area contributed by atoms with Crippen molar-refractivity contribution in [1.82, 2.24) is 14.8 Å². The van der Waals surface area contributed by atoms with E-state index in [-0.39, 0.29) is 18.4 Å². The number of rotatable bonds is 2. The summed E-state index contributed by atoms with van der Waals surface area (Å²) >= 11 is 0. The van der Waals surface area contributed by atoms with Crippen LogP contribution in [0.3, 0.4) is 0 Å². The Hall–Kier alpha value is -2.30. The number of nitrogens with zero attached hydrogens (tertiary/aromatic N) is 2. The van der Waals surface area contributed by atoms with Gasteiger partial charge in [0.25, 0.3) is 5.91 Å². The Morgan fingerprint density at radius 1 is 1.13 bits per heavy atom. The number of carbonyl (C=O) groups excluding carboxylic acids is 2. The number of aromatic nitrogens is 1. The highest BCUT2D eigenvalue weighted by molar-refractivity contribution is 6.00. The zero-order valence-electron chi connectivity index (χ0n) is 13.1. The number of amides is 2. The van der Waals surface area contributed by atoms with Crippen LogP contribution in [0.15, 0.2) is 30.5 Å². The van der Waals surface area contributed by atoms with Gasteiger partial charge in [0, 0.05) is 41.8 Å². The van der Waals surface area contributed by atoms with Crippen LogP contribution in [0.2, 0.25) is 0 Å². The number of benzene rings is 1. The number of aromatic amines is 1. The fourth-order valence-corrected chi connectivity index (χ4v) is 3.83. The predicted molar refractivity (Wildman–Crippen MR) is 88.2 cm³/mol. The van der Waals surface area contributed by atoms with Gasteiger partial charge in [-0.05, 0) is 37.1 Å². The third-order valence-electron chi connectivity index (χ3n) is 5.11. The largest absolute Gasteiger partial charge is 0.361 e. The first-order chi connectivity index (χ1) is 11.2. The lowest BCUT2D eigenvalue weighted by Gasteiger charge is -2.37. The molecule has 2 aromatic rings. The Labute approximate surface area is 135 Å². The molecule has 4 rings (SSSR count). The lowest BCUT2D eigenvalue weighted by atomic mass is 10.1. The number of nitrogens with one attached hydrogen (secondary N) is 1. The molecule has 1 aromatic heterocycles. The summed E-state index contributed by atoms with van der Waals surface area (Å²) in [7, 11) is 0. The fraction of sp³-hybridized carbons (Fsp3) is 0.444. The van der Waals surface area contributed by atoms with E-state index in [1.165, 1.54) is 12.8 Å². The Balaban J connectivity index is 1.48. The van der Waals surface area contributed by atoms with E-state index in [0.29, 0.717) is 24.7 Å². The molecule has 0 unspecified atom stereocenters. The molecule has 5 nitrogen and oxygen atoms in total. The van der Waals surface area contributed by atoms with Crippen molar-refractivity contribution in [2.75, 3.05) is 19.6 Å². The lowest BCUT2D eigenvalue weighted by molar-refractivity contribution is -0.137. The first-order valence-corrected chi connectivity index (χ1v) is 8.38. The predicted octanol–water partition coefficient (Wildman–Crippen LogP) is 2.39. The van der Waals surface area contributed by atoms with Crippen molar-refractivity contribution in [3.63, 3.8) is 0 Å². The van der Waals surface area contributed by atoms with Gasteiger partial charge in [0.1, 0.15) is 6.54 Å². The molecule has 2 amide bonds. The van der Waals surface area contributed by atoms with Gasteiger partial charge in [-0.1, -0.05) is 12.8 Å². The van der Waals surface area contributed by atoms with E-state index < -0.39 is 0 Å². The van der Waals surface area contributed by atoms with Gasteiger partial charge in [-0.3, -0.25) is 9.59 Å². The van der Waals surface area contributed by atoms with Crippen LogP contribution in [0.5, 0.6) is 0 Å². The summed E-state index contributed by atoms with van der Waals surface area (Å²) in [5.41, 5.74) is 1.67. The number of piperazine rings is 1. The van der Waals surface area contributed by atoms with Gasteiger partial charge >= 0.3 is 0 Å². The van der Waals surface area contributed by atoms with Gasteiger partial charge < -0.3 is 14.8 Å². The molecular formula is C18H21N3O2. The van der Waals surface area contributed by atoms with Gasteiger partial charge in [0.05, 0.1) is 0 Å². The number of H-pyrrole nitrogens is 1. The second-order valence-electron chi connectivity index (χ2n) is 6.53. The fourth-order valence-electron chi connectivity index (χ4n) is 3.83. The summed E-state index contributed by atoms with van der Waals surface area (Å²) in [5, 5.41) is 1.02. The van der Waals surface area contributed by atoms with Crippen LogP contribution in [0.25, 0.3) is 10.9 Å². The Kier molecular flexibility index (Phi) is 3.56. The molecule has 0 atom stereocenters. The summed E-state index contributed by atoms with van der Waals surface area (Å²) < 4.78 is 0. The van der Waals surface area contributed by atoms with E-state index >= 15 is 0 Å². The zero-order valence-corrected chi connectivity index (χ0v) is 13.1. The number of fused-ring (bicyclic) bond motifs is 1. The molecule has 1 aromatic carbocycles. The molecule has 23 heavy (non-hydrogen) atoms. The van der Waals surface area contributed by atoms with Crippen LogP contribution in [0, 0.1) is 0 Å². The second kappa shape index (κ2) is 5.72. The van der Waals surface area contributed by atoms with E-state index in [1.54, 1.807) is 4.90 Å². The third kappa shape index (κ3) is 2.60. The molecule has 1 saturated heterocycles. The van der Waals surface area contributed by atoms with Crippen LogP contribution < -0.4 is 0 Å². The topological polar surface area (TPSA) is 56.4 Å². The van der Waals surface area contributed by atoms with Gasteiger partial charge in [-0.25, -0.2) is 0 Å². The molecule has 0 bridgehead atoms. The van der Waals surface area contributed by atoms with E-state index in [2.05, 4.69) is 4.98 Å². The van der Waals surface area contributed by atoms with E-state index in [9.17, 15) is 9.59 Å². The highest BCUT2D eigenvalue weighted by Crippen LogP contribution is 2.25. The molecule has 1 N–H and O–H groups in total. The van der Waals surface area contributed by atoms with Crippen molar-refractivity contribution in [2.45, 2.75) is 31.7 Å². The normalized spacial score (nSPS) is 19.7. The van der Waals surface area contributed by atoms with Crippen molar-refractivity contribution >= 4 is 22.7 Å². The molecule has 0 radical (unpaired) electrons. The van der Waals surface area contributed by atoms with Crippen molar-refractivity contribution in [1.29, 1.82) is 0 Å². The summed E-state index contributed by atoms with van der Waals surface area (Å²) in [6.07, 6.45) is 6.53. The van der Waals surface area contributed by atoms with Crippen LogP contribution in [0.1, 0.15) is 36.0 Å². The van der Waals surface area contributed by atoms with Gasteiger partial charge in [0.2, 0.25) is 5.91 Å². The number of hydrogen-bond donors (Lipinski definition) is 1. The van der Waals surface area contributed by atoms with Gasteiger partial charge in [-0.15, -0.1) is 0 Å². The van der Waals surface area contributed by atoms with Crippen LogP contribution in [-0.4, -0.2) is 52.3 Å². The highest BCUT2D eigenvalue weighted by atomic mass is 16.2. The zero-order chi connectivity index (χ0) is 15.8. The van der Waals surface area contributed by atoms with Gasteiger partial charge in [0.15, 0.2) is 0 Å². The monoisotopic (exact) mass is 311 g/mol. The Bertz CT molecular complexity index is 746. The number of carbonyl (C=O) groups is 2. The molecule has 2 aliphatic rings. The third-order valence-corrected chi connectivity index (χ3v) is 5.11. The average Bonchev–Trinajstić information content (AvgIpc) is 3.24. The molecule has 5 heteroatoms. The molecule has 2 heterocycles. The maximum atomic E-state index is 12.7. The maximum absolute atomic E-state index is 12.7. The quantitative estimate of drug-likeness (QED) is 0.926. The van der Waals surface area contributed by atoms with Gasteiger partial charge in [-0.2, -0.15) is 0 Å². The maximum Gasteiger partial charge on any atom is 0.254 e. The van der Waals surface area contributed by atoms with Crippen molar-refractivity contribution in [3.8, 4) is 0 Å². The van der Waals surface area contributed by atoms with Crippen molar-refractivity contribution in [2.24, 2.45) is 0 Å². The summed E-state index contributed by atoms with van der Waals surface area (Å²) in [4.78, 5) is 31.9. The SMILES string of the molecule is O=C(c1ccc2[nH]ccc2c1)N1CCN(C2CCCC2)C(=O)C1. The smallest absolute Gasteiger partial charge is 0.254 e. The Morgan fingerprint density at radius 3 is 2.74 bits per heavy atom. The van der Waals surface area contributed by atoms with Crippen molar-refractivity contribution < 1.29 is 9.59 Å². The molecule has 1 aliphatic heterocycles. The first-order valence-electron chi connectivity index (χ1n) is 8.38. The molecule has 2 fully saturated rings. The molecule has 120 valence electrons. The molecule has 1 saturated carbocycles. The summed E-state index contributed by atoms with van der Waals surface area (Å²) in [6.45, 7) is 1.51. The minimum absolute atomic E-state index is 0.0486. The minimum atomic E-state index is -0.0486. The number of hydrogen-bond acceptors (Lipinski definition) is 2. The first kappa shape index (κ1) is 14.3. The van der Waals surface area contributed by atoms with Crippen LogP contribution in [-0.2, 0) is 4.79 Å². The summed E-state index contributed by atoms with van der Waals surface area (Å²) in [5.74, 6) is 0.0479. The average molecular weight is 311 g/mol. The molecule has 1 aliphatic carbocycles. The van der Waals surface area contributed by atoms with E-state index in [4.69, 9.17) is 0 Å². The van der Waals surface area contributed by atoms with Crippen LogP contribution >= 0.6 is 0 Å². The Morgan fingerprint density at radius 2 is 1.96 bits per heavy atom. The minimum Gasteiger partial charge on any atom is -0.361 e. The molecular weight excluding hydrogens is 290 g/mol. The second-order valence-corrected chi connectivity index (χ2v) is 6.53. The highest BCUT2D eigenvalue weighted by Gasteiger charge is 2.33. The standard InChI is InChI=1S/C18H21N3O2/c22-17-12-20(9-10-21(17)15-3-1-2-4-15)18(23)14-5-6-16-13(11-14)7-8-19-16/h5-8,11,15,19H,1-4,9-10,12H2. The van der Waals surface area contributed by atoms with Crippen molar-refractivity contribution in [3.05, 3.63) is 36.0 Å². The molecule has 0 spiro atoms. The van der Waals surface area contributed by atoms with E-state index in [1.807, 2.05) is 35.4 Å². The van der Waals surface area contributed by atoms with E-state index in [0.717, 1.165) is 23.7 Å².